The van der Waals surface area contributed by atoms with Crippen molar-refractivity contribution < 1.29 is 9.53 Å². The molecule has 2 aromatic rings. The van der Waals surface area contributed by atoms with E-state index >= 15 is 0 Å². The Balaban J connectivity index is 0.00000210. The van der Waals surface area contributed by atoms with Crippen LogP contribution in [-0.4, -0.2) is 36.0 Å². The van der Waals surface area contributed by atoms with Crippen LogP contribution >= 0.6 is 12.4 Å². The number of carbonyl (C=O) groups excluding carboxylic acids is 1. The molecule has 2 bridgehead atoms. The lowest BCUT2D eigenvalue weighted by Gasteiger charge is -2.25. The first kappa shape index (κ1) is 19.7. The number of benzene rings is 2. The molecule has 2 unspecified atom stereocenters. The van der Waals surface area contributed by atoms with Crippen molar-refractivity contribution in [2.24, 2.45) is 0 Å². The third-order valence-corrected chi connectivity index (χ3v) is 5.57. The molecule has 2 saturated heterocycles. The first-order chi connectivity index (χ1) is 12.7. The molecule has 27 heavy (non-hydrogen) atoms. The standard InChI is InChI=1S/C22H26N2O2.ClH/c1-16-6-2-3-7-17(16)15-26-21-9-5-4-8-20(21)22(25)24-13-12-18-10-11-19(14-24)23-18;/h2-9,18-19,23H,10-15H2,1H3;1H. The predicted molar refractivity (Wildman–Crippen MR) is 110 cm³/mol. The van der Waals surface area contributed by atoms with Gasteiger partial charge in [-0.1, -0.05) is 36.4 Å². The van der Waals surface area contributed by atoms with Crippen molar-refractivity contribution in [2.75, 3.05) is 13.1 Å². The number of nitrogens with zero attached hydrogens (tertiary/aromatic N) is 1. The molecule has 2 fully saturated rings. The third-order valence-electron chi connectivity index (χ3n) is 5.57. The molecular weight excluding hydrogens is 360 g/mol. The lowest BCUT2D eigenvalue weighted by Crippen LogP contribution is -2.39. The van der Waals surface area contributed by atoms with Crippen LogP contribution in [0.3, 0.4) is 0 Å². The molecule has 144 valence electrons. The van der Waals surface area contributed by atoms with E-state index in [1.807, 2.05) is 41.3 Å². The average molecular weight is 387 g/mol. The summed E-state index contributed by atoms with van der Waals surface area (Å²) >= 11 is 0. The van der Waals surface area contributed by atoms with Gasteiger partial charge in [0.15, 0.2) is 0 Å². The number of hydrogen-bond donors (Lipinski definition) is 1. The van der Waals surface area contributed by atoms with Crippen LogP contribution in [0.15, 0.2) is 48.5 Å². The van der Waals surface area contributed by atoms with E-state index < -0.39 is 0 Å². The Morgan fingerprint density at radius 1 is 1.07 bits per heavy atom. The number of aryl methyl sites for hydroxylation is 1. The molecule has 2 aliphatic rings. The molecule has 2 aliphatic heterocycles. The molecule has 0 saturated carbocycles. The highest BCUT2D eigenvalue weighted by atomic mass is 35.5. The highest BCUT2D eigenvalue weighted by Crippen LogP contribution is 2.25. The summed E-state index contributed by atoms with van der Waals surface area (Å²) in [6.45, 7) is 4.17. The maximum Gasteiger partial charge on any atom is 0.257 e. The second kappa shape index (κ2) is 8.77. The summed E-state index contributed by atoms with van der Waals surface area (Å²) in [5.41, 5.74) is 3.01. The van der Waals surface area contributed by atoms with Gasteiger partial charge in [-0.3, -0.25) is 4.79 Å². The quantitative estimate of drug-likeness (QED) is 0.864. The van der Waals surface area contributed by atoms with Crippen LogP contribution < -0.4 is 10.1 Å². The summed E-state index contributed by atoms with van der Waals surface area (Å²) in [6.07, 6.45) is 3.44. The van der Waals surface area contributed by atoms with E-state index in [0.717, 1.165) is 25.1 Å². The summed E-state index contributed by atoms with van der Waals surface area (Å²) in [4.78, 5) is 15.1. The second-order valence-electron chi connectivity index (χ2n) is 7.39. The Labute approximate surface area is 167 Å². The van der Waals surface area contributed by atoms with Gasteiger partial charge in [0.25, 0.3) is 5.91 Å². The molecule has 2 atom stereocenters. The minimum absolute atomic E-state index is 0. The number of ether oxygens (including phenoxy) is 1. The summed E-state index contributed by atoms with van der Waals surface area (Å²) in [7, 11) is 0. The maximum absolute atomic E-state index is 13.1. The van der Waals surface area contributed by atoms with Crippen molar-refractivity contribution in [3.05, 3.63) is 65.2 Å². The number of carbonyl (C=O) groups is 1. The van der Waals surface area contributed by atoms with Crippen molar-refractivity contribution in [2.45, 2.75) is 44.9 Å². The van der Waals surface area contributed by atoms with E-state index in [1.54, 1.807) is 0 Å². The van der Waals surface area contributed by atoms with Crippen LogP contribution in [0.4, 0.5) is 0 Å². The summed E-state index contributed by atoms with van der Waals surface area (Å²) in [5, 5.41) is 3.63. The molecule has 0 aliphatic carbocycles. The second-order valence-corrected chi connectivity index (χ2v) is 7.39. The highest BCUT2D eigenvalue weighted by molar-refractivity contribution is 5.97. The molecule has 0 radical (unpaired) electrons. The molecular formula is C22H27ClN2O2. The van der Waals surface area contributed by atoms with Gasteiger partial charge in [0.2, 0.25) is 0 Å². The van der Waals surface area contributed by atoms with E-state index in [-0.39, 0.29) is 18.3 Å². The zero-order valence-corrected chi connectivity index (χ0v) is 16.5. The number of nitrogens with one attached hydrogen (secondary N) is 1. The van der Waals surface area contributed by atoms with E-state index in [2.05, 4.69) is 24.4 Å². The van der Waals surface area contributed by atoms with Gasteiger partial charge in [0.05, 0.1) is 5.56 Å². The highest BCUT2D eigenvalue weighted by Gasteiger charge is 2.32. The van der Waals surface area contributed by atoms with Gasteiger partial charge in [-0.15, -0.1) is 12.4 Å². The molecule has 4 nitrogen and oxygen atoms in total. The van der Waals surface area contributed by atoms with Gasteiger partial charge in [-0.25, -0.2) is 0 Å². The SMILES string of the molecule is Cc1ccccc1COc1ccccc1C(=O)N1CCC2CCC(C1)N2.Cl. The molecule has 0 spiro atoms. The lowest BCUT2D eigenvalue weighted by atomic mass is 10.1. The third kappa shape index (κ3) is 4.45. The van der Waals surface area contributed by atoms with Crippen LogP contribution in [0.1, 0.15) is 40.7 Å². The minimum Gasteiger partial charge on any atom is -0.488 e. The number of fused-ring (bicyclic) bond motifs is 2. The zero-order valence-electron chi connectivity index (χ0n) is 15.7. The number of halogens is 1. The smallest absolute Gasteiger partial charge is 0.257 e. The Bertz CT molecular complexity index is 795. The monoisotopic (exact) mass is 386 g/mol. The normalized spacial score (nSPS) is 21.3. The molecule has 1 amide bonds. The van der Waals surface area contributed by atoms with E-state index in [9.17, 15) is 4.79 Å². The average Bonchev–Trinajstić information content (AvgIpc) is 2.99. The molecule has 4 rings (SSSR count). The molecule has 2 aromatic carbocycles. The Kier molecular flexibility index (Phi) is 6.40. The summed E-state index contributed by atoms with van der Waals surface area (Å²) in [6, 6.07) is 16.8. The number of amides is 1. The van der Waals surface area contributed by atoms with Crippen molar-refractivity contribution in [1.82, 2.24) is 10.2 Å². The lowest BCUT2D eigenvalue weighted by molar-refractivity contribution is 0.0743. The number of likely N-dealkylation sites (tertiary alicyclic amines) is 1. The van der Waals surface area contributed by atoms with Crippen molar-refractivity contribution >= 4 is 18.3 Å². The first-order valence-electron chi connectivity index (χ1n) is 9.52. The van der Waals surface area contributed by atoms with Gasteiger partial charge in [0.1, 0.15) is 12.4 Å². The van der Waals surface area contributed by atoms with Crippen molar-refractivity contribution in [3.63, 3.8) is 0 Å². The zero-order chi connectivity index (χ0) is 17.9. The Morgan fingerprint density at radius 3 is 2.67 bits per heavy atom. The van der Waals surface area contributed by atoms with E-state index in [0.29, 0.717) is 30.0 Å². The molecule has 0 aromatic heterocycles. The minimum atomic E-state index is 0. The van der Waals surface area contributed by atoms with E-state index in [4.69, 9.17) is 4.74 Å². The van der Waals surface area contributed by atoms with Gasteiger partial charge < -0.3 is 15.0 Å². The predicted octanol–water partition coefficient (Wildman–Crippen LogP) is 3.96. The van der Waals surface area contributed by atoms with Gasteiger partial charge >= 0.3 is 0 Å². The largest absolute Gasteiger partial charge is 0.488 e. The molecule has 2 heterocycles. The van der Waals surface area contributed by atoms with Gasteiger partial charge in [-0.05, 0) is 49.4 Å². The summed E-state index contributed by atoms with van der Waals surface area (Å²) in [5.74, 6) is 0.753. The van der Waals surface area contributed by atoms with Gasteiger partial charge in [0, 0.05) is 25.2 Å². The maximum atomic E-state index is 13.1. The molecule has 5 heteroatoms. The number of hydrogen-bond acceptors (Lipinski definition) is 3. The van der Waals surface area contributed by atoms with Crippen LogP contribution in [0.25, 0.3) is 0 Å². The number of para-hydroxylation sites is 1. The first-order valence-corrected chi connectivity index (χ1v) is 9.52. The number of rotatable bonds is 4. The van der Waals surface area contributed by atoms with Crippen LogP contribution in [0, 0.1) is 6.92 Å². The van der Waals surface area contributed by atoms with E-state index in [1.165, 1.54) is 18.4 Å². The van der Waals surface area contributed by atoms with Crippen molar-refractivity contribution in [1.29, 1.82) is 0 Å². The molecule has 1 N–H and O–H groups in total. The fourth-order valence-corrected chi connectivity index (χ4v) is 3.99. The van der Waals surface area contributed by atoms with Crippen LogP contribution in [-0.2, 0) is 6.61 Å². The fourth-order valence-electron chi connectivity index (χ4n) is 3.99. The van der Waals surface area contributed by atoms with Crippen LogP contribution in [0.2, 0.25) is 0 Å². The van der Waals surface area contributed by atoms with Crippen LogP contribution in [0.5, 0.6) is 5.75 Å². The Morgan fingerprint density at radius 2 is 1.81 bits per heavy atom. The van der Waals surface area contributed by atoms with Crippen molar-refractivity contribution in [3.8, 4) is 5.75 Å². The topological polar surface area (TPSA) is 41.6 Å². The van der Waals surface area contributed by atoms with Gasteiger partial charge in [-0.2, -0.15) is 0 Å². The summed E-state index contributed by atoms with van der Waals surface area (Å²) < 4.78 is 6.05. The Hall–Kier alpha value is -2.04. The fraction of sp³-hybridized carbons (Fsp3) is 0.409.